The van der Waals surface area contributed by atoms with Gasteiger partial charge in [-0.1, -0.05) is 22.0 Å². The van der Waals surface area contributed by atoms with Crippen LogP contribution in [0.5, 0.6) is 0 Å². The van der Waals surface area contributed by atoms with Crippen LogP contribution in [0.1, 0.15) is 15.9 Å². The van der Waals surface area contributed by atoms with Crippen LogP contribution in [0.3, 0.4) is 0 Å². The Morgan fingerprint density at radius 3 is 2.56 bits per heavy atom. The van der Waals surface area contributed by atoms with E-state index in [-0.39, 0.29) is 17.9 Å². The second-order valence-electron chi connectivity index (χ2n) is 5.63. The monoisotopic (exact) mass is 438 g/mol. The van der Waals surface area contributed by atoms with Gasteiger partial charge >= 0.3 is 5.97 Å². The number of anilines is 2. The zero-order valence-corrected chi connectivity index (χ0v) is 16.6. The minimum Gasteiger partial charge on any atom is -0.465 e. The summed E-state index contributed by atoms with van der Waals surface area (Å²) < 4.78 is 24.2. The highest BCUT2D eigenvalue weighted by molar-refractivity contribution is 9.10. The minimum absolute atomic E-state index is 0.116. The average Bonchev–Trinajstić information content (AvgIpc) is 2.64. The Morgan fingerprint density at radius 1 is 1.11 bits per heavy atom. The van der Waals surface area contributed by atoms with Gasteiger partial charge in [0.05, 0.1) is 37.1 Å². The number of esters is 1. The van der Waals surface area contributed by atoms with Crippen LogP contribution in [0.2, 0.25) is 0 Å². The number of benzene rings is 2. The summed E-state index contributed by atoms with van der Waals surface area (Å²) in [7, 11) is 2.87. The van der Waals surface area contributed by atoms with E-state index < -0.39 is 11.8 Å². The van der Waals surface area contributed by atoms with Crippen LogP contribution in [-0.2, 0) is 20.7 Å². The van der Waals surface area contributed by atoms with Crippen LogP contribution < -0.4 is 10.6 Å². The van der Waals surface area contributed by atoms with E-state index in [1.54, 1.807) is 37.4 Å². The largest absolute Gasteiger partial charge is 0.465 e. The molecule has 0 saturated carbocycles. The molecule has 0 aliphatic carbocycles. The highest BCUT2D eigenvalue weighted by Crippen LogP contribution is 2.24. The van der Waals surface area contributed by atoms with Crippen molar-refractivity contribution in [3.8, 4) is 0 Å². The van der Waals surface area contributed by atoms with E-state index in [2.05, 4.69) is 26.6 Å². The van der Waals surface area contributed by atoms with Crippen molar-refractivity contribution in [2.24, 2.45) is 0 Å². The average molecular weight is 439 g/mol. The van der Waals surface area contributed by atoms with Gasteiger partial charge < -0.3 is 20.1 Å². The van der Waals surface area contributed by atoms with Gasteiger partial charge in [-0.25, -0.2) is 9.18 Å². The summed E-state index contributed by atoms with van der Waals surface area (Å²) in [6, 6.07) is 9.26. The zero-order chi connectivity index (χ0) is 19.8. The van der Waals surface area contributed by atoms with Crippen LogP contribution >= 0.6 is 15.9 Å². The molecule has 2 aromatic carbocycles. The number of methoxy groups -OCH3 is 2. The van der Waals surface area contributed by atoms with Gasteiger partial charge in [0, 0.05) is 18.1 Å². The highest BCUT2D eigenvalue weighted by atomic mass is 79.9. The number of nitrogens with one attached hydrogen (secondary N) is 2. The summed E-state index contributed by atoms with van der Waals surface area (Å²) in [4.78, 5) is 24.1. The van der Waals surface area contributed by atoms with Crippen LogP contribution in [0.25, 0.3) is 0 Å². The van der Waals surface area contributed by atoms with Gasteiger partial charge in [-0.3, -0.25) is 4.79 Å². The molecule has 0 aromatic heterocycles. The number of carbonyl (C=O) groups is 2. The second-order valence-corrected chi connectivity index (χ2v) is 6.55. The van der Waals surface area contributed by atoms with Gasteiger partial charge in [-0.15, -0.1) is 0 Å². The molecule has 6 nitrogen and oxygen atoms in total. The summed E-state index contributed by atoms with van der Waals surface area (Å²) in [6.45, 7) is 0.922. The quantitative estimate of drug-likeness (QED) is 0.486. The number of ether oxygens (including phenoxy) is 2. The number of carbonyl (C=O) groups excluding carboxylic acids is 2. The molecule has 0 radical (unpaired) electrons. The standard InChI is InChI=1S/C19H20BrFN2O4/c1-26-8-7-22-17-9-13(19(25)27-2)4-6-16(17)23-18(24)10-12-3-5-14(20)11-15(12)21/h3-6,9,11,22H,7-8,10H2,1-2H3,(H,23,24). The first kappa shape index (κ1) is 20.9. The SMILES string of the molecule is COCCNc1cc(C(=O)OC)ccc1NC(=O)Cc1ccc(Br)cc1F. The van der Waals surface area contributed by atoms with Crippen molar-refractivity contribution in [2.45, 2.75) is 6.42 Å². The summed E-state index contributed by atoms with van der Waals surface area (Å²) in [6.07, 6.45) is -0.116. The molecule has 144 valence electrons. The molecule has 0 aliphatic heterocycles. The lowest BCUT2D eigenvalue weighted by molar-refractivity contribution is -0.115. The summed E-state index contributed by atoms with van der Waals surface area (Å²) in [5, 5.41) is 5.83. The van der Waals surface area contributed by atoms with Crippen LogP contribution in [0.15, 0.2) is 40.9 Å². The molecule has 0 aliphatic rings. The van der Waals surface area contributed by atoms with E-state index in [1.807, 2.05) is 0 Å². The summed E-state index contributed by atoms with van der Waals surface area (Å²) in [5.74, 6) is -1.32. The molecule has 0 unspecified atom stereocenters. The van der Waals surface area contributed by atoms with E-state index in [4.69, 9.17) is 9.47 Å². The molecule has 0 saturated heterocycles. The van der Waals surface area contributed by atoms with E-state index in [0.29, 0.717) is 34.6 Å². The van der Waals surface area contributed by atoms with Crippen LogP contribution in [-0.4, -0.2) is 39.2 Å². The fraction of sp³-hybridized carbons (Fsp3) is 0.263. The van der Waals surface area contributed by atoms with Crippen molar-refractivity contribution in [3.63, 3.8) is 0 Å². The van der Waals surface area contributed by atoms with Gasteiger partial charge in [0.1, 0.15) is 5.82 Å². The van der Waals surface area contributed by atoms with E-state index in [0.717, 1.165) is 0 Å². The van der Waals surface area contributed by atoms with E-state index >= 15 is 0 Å². The van der Waals surface area contributed by atoms with Crippen LogP contribution in [0, 0.1) is 5.82 Å². The first-order valence-corrected chi connectivity index (χ1v) is 8.93. The van der Waals surface area contributed by atoms with Gasteiger partial charge in [-0.2, -0.15) is 0 Å². The van der Waals surface area contributed by atoms with Crippen LogP contribution in [0.4, 0.5) is 15.8 Å². The van der Waals surface area contributed by atoms with Crippen molar-refractivity contribution in [3.05, 3.63) is 57.8 Å². The lowest BCUT2D eigenvalue weighted by Gasteiger charge is -2.14. The zero-order valence-electron chi connectivity index (χ0n) is 15.0. The third-order valence-electron chi connectivity index (χ3n) is 3.70. The van der Waals surface area contributed by atoms with Crippen molar-refractivity contribution in [2.75, 3.05) is 38.0 Å². The summed E-state index contributed by atoms with van der Waals surface area (Å²) >= 11 is 3.18. The smallest absolute Gasteiger partial charge is 0.337 e. The van der Waals surface area contributed by atoms with Crippen molar-refractivity contribution in [1.82, 2.24) is 0 Å². The maximum atomic E-state index is 13.9. The molecular formula is C19H20BrFN2O4. The molecular weight excluding hydrogens is 419 g/mol. The van der Waals surface area contributed by atoms with Gasteiger partial charge in [-0.05, 0) is 35.9 Å². The van der Waals surface area contributed by atoms with E-state index in [9.17, 15) is 14.0 Å². The molecule has 0 fully saturated rings. The van der Waals surface area contributed by atoms with Crippen molar-refractivity contribution < 1.29 is 23.5 Å². The fourth-order valence-corrected chi connectivity index (χ4v) is 2.70. The molecule has 0 atom stereocenters. The molecule has 2 rings (SSSR count). The lowest BCUT2D eigenvalue weighted by atomic mass is 10.1. The van der Waals surface area contributed by atoms with Crippen molar-refractivity contribution >= 4 is 39.2 Å². The molecule has 0 heterocycles. The lowest BCUT2D eigenvalue weighted by Crippen LogP contribution is -2.18. The molecule has 8 heteroatoms. The molecule has 2 N–H and O–H groups in total. The Bertz CT molecular complexity index is 829. The predicted molar refractivity (Wildman–Crippen MR) is 105 cm³/mol. The predicted octanol–water partition coefficient (Wildman–Crippen LogP) is 3.61. The summed E-state index contributed by atoms with van der Waals surface area (Å²) in [5.41, 5.74) is 1.64. The van der Waals surface area contributed by atoms with Gasteiger partial charge in [0.2, 0.25) is 5.91 Å². The molecule has 2 aromatic rings. The number of hydrogen-bond donors (Lipinski definition) is 2. The Hall–Kier alpha value is -2.45. The first-order valence-electron chi connectivity index (χ1n) is 8.13. The topological polar surface area (TPSA) is 76.7 Å². The normalized spacial score (nSPS) is 10.4. The second kappa shape index (κ2) is 10.0. The molecule has 0 bridgehead atoms. The number of rotatable bonds is 8. The Morgan fingerprint density at radius 2 is 1.89 bits per heavy atom. The van der Waals surface area contributed by atoms with Gasteiger partial charge in [0.25, 0.3) is 0 Å². The van der Waals surface area contributed by atoms with Crippen molar-refractivity contribution in [1.29, 1.82) is 0 Å². The third-order valence-corrected chi connectivity index (χ3v) is 4.20. The van der Waals surface area contributed by atoms with E-state index in [1.165, 1.54) is 13.2 Å². The molecule has 0 spiro atoms. The number of hydrogen-bond acceptors (Lipinski definition) is 5. The highest BCUT2D eigenvalue weighted by Gasteiger charge is 2.14. The number of amides is 1. The maximum Gasteiger partial charge on any atom is 0.337 e. The molecule has 1 amide bonds. The Kier molecular flexibility index (Phi) is 7.75. The van der Waals surface area contributed by atoms with Gasteiger partial charge in [0.15, 0.2) is 0 Å². The maximum absolute atomic E-state index is 13.9. The number of halogens is 2. The third kappa shape index (κ3) is 6.04. The molecule has 27 heavy (non-hydrogen) atoms. The minimum atomic E-state index is -0.486. The Balaban J connectivity index is 2.17. The fourth-order valence-electron chi connectivity index (χ4n) is 2.36. The first-order chi connectivity index (χ1) is 12.9. The Labute approximate surface area is 165 Å².